The van der Waals surface area contributed by atoms with E-state index in [-0.39, 0.29) is 16.6 Å². The lowest BCUT2D eigenvalue weighted by Crippen LogP contribution is -2.16. The quantitative estimate of drug-likeness (QED) is 0.497. The van der Waals surface area contributed by atoms with Crippen molar-refractivity contribution in [1.29, 1.82) is 0 Å². The summed E-state index contributed by atoms with van der Waals surface area (Å²) in [5.41, 5.74) is 6.67. The first-order chi connectivity index (χ1) is 12.7. The third kappa shape index (κ3) is 4.74. The molecule has 2 aromatic carbocycles. The molecule has 0 saturated carbocycles. The zero-order valence-corrected chi connectivity index (χ0v) is 19.5. The molecule has 28 heavy (non-hydrogen) atoms. The summed E-state index contributed by atoms with van der Waals surface area (Å²) < 4.78 is 0. The van der Waals surface area contributed by atoms with Gasteiger partial charge in [-0.05, 0) is 44.9 Å². The van der Waals surface area contributed by atoms with Crippen molar-refractivity contribution < 1.29 is 4.79 Å². The minimum absolute atomic E-state index is 0.0721. The number of carbonyl (C=O) groups is 1. The van der Waals surface area contributed by atoms with Gasteiger partial charge in [-0.3, -0.25) is 4.79 Å². The second-order valence-corrected chi connectivity index (χ2v) is 10.7. The summed E-state index contributed by atoms with van der Waals surface area (Å²) in [6.45, 7) is 22.0. The molecule has 0 N–H and O–H groups in total. The van der Waals surface area contributed by atoms with E-state index >= 15 is 0 Å². The van der Waals surface area contributed by atoms with Crippen LogP contribution in [0.3, 0.4) is 0 Å². The Morgan fingerprint density at radius 3 is 1.21 bits per heavy atom. The number of carbonyl (C=O) groups excluding carboxylic acids is 1. The average molecular weight is 379 g/mol. The number of hydrogen-bond acceptors (Lipinski definition) is 1. The van der Waals surface area contributed by atoms with Crippen LogP contribution in [0, 0.1) is 0 Å². The standard InChI is InChI=1S/C27H38O/c1-17(2)23-15-19(26(5,6)7)11-13-21(23)25(28)22-14-12-20(27(8,9)10)16-24(22)18(3)4/h11-18H,1-10H3. The van der Waals surface area contributed by atoms with Crippen LogP contribution in [-0.4, -0.2) is 5.78 Å². The highest BCUT2D eigenvalue weighted by molar-refractivity contribution is 6.11. The monoisotopic (exact) mass is 378 g/mol. The zero-order valence-electron chi connectivity index (χ0n) is 19.5. The number of rotatable bonds is 4. The molecule has 0 aromatic heterocycles. The van der Waals surface area contributed by atoms with Crippen molar-refractivity contribution in [3.63, 3.8) is 0 Å². The Kier molecular flexibility index (Phi) is 6.28. The van der Waals surface area contributed by atoms with E-state index in [0.29, 0.717) is 11.8 Å². The molecule has 0 bridgehead atoms. The van der Waals surface area contributed by atoms with Gasteiger partial charge in [0.05, 0.1) is 0 Å². The van der Waals surface area contributed by atoms with Gasteiger partial charge in [0.25, 0.3) is 0 Å². The van der Waals surface area contributed by atoms with Crippen LogP contribution in [0.4, 0.5) is 0 Å². The van der Waals surface area contributed by atoms with E-state index in [4.69, 9.17) is 0 Å². The van der Waals surface area contributed by atoms with Crippen LogP contribution in [0.25, 0.3) is 0 Å². The molecule has 0 atom stereocenters. The minimum Gasteiger partial charge on any atom is -0.289 e. The fourth-order valence-corrected chi connectivity index (χ4v) is 3.57. The maximum Gasteiger partial charge on any atom is 0.193 e. The molecule has 0 spiro atoms. The molecule has 152 valence electrons. The molecule has 0 aliphatic carbocycles. The number of ketones is 1. The van der Waals surface area contributed by atoms with Gasteiger partial charge in [-0.15, -0.1) is 0 Å². The molecule has 1 heteroatoms. The molecule has 0 amide bonds. The molecule has 2 aromatic rings. The van der Waals surface area contributed by atoms with Gasteiger partial charge in [-0.1, -0.05) is 106 Å². The van der Waals surface area contributed by atoms with Crippen LogP contribution in [0.15, 0.2) is 36.4 Å². The van der Waals surface area contributed by atoms with Crippen molar-refractivity contribution in [1.82, 2.24) is 0 Å². The third-order valence-corrected chi connectivity index (χ3v) is 5.57. The van der Waals surface area contributed by atoms with E-state index < -0.39 is 0 Å². The molecule has 2 rings (SSSR count). The van der Waals surface area contributed by atoms with E-state index in [1.165, 1.54) is 11.1 Å². The van der Waals surface area contributed by atoms with Crippen LogP contribution in [0.2, 0.25) is 0 Å². The van der Waals surface area contributed by atoms with Gasteiger partial charge in [0.1, 0.15) is 0 Å². The van der Waals surface area contributed by atoms with Crippen molar-refractivity contribution >= 4 is 5.78 Å². The van der Waals surface area contributed by atoms with E-state index in [1.807, 2.05) is 12.1 Å². The van der Waals surface area contributed by atoms with Crippen molar-refractivity contribution in [3.05, 3.63) is 69.8 Å². The van der Waals surface area contributed by atoms with E-state index in [1.54, 1.807) is 0 Å². The smallest absolute Gasteiger partial charge is 0.193 e. The van der Waals surface area contributed by atoms with Crippen LogP contribution >= 0.6 is 0 Å². The molecule has 0 aliphatic rings. The Bertz CT molecular complexity index is 783. The molecule has 0 radical (unpaired) electrons. The summed E-state index contributed by atoms with van der Waals surface area (Å²) in [6, 6.07) is 12.8. The van der Waals surface area contributed by atoms with Crippen LogP contribution < -0.4 is 0 Å². The highest BCUT2D eigenvalue weighted by Gasteiger charge is 2.24. The Balaban J connectivity index is 2.63. The van der Waals surface area contributed by atoms with Gasteiger partial charge < -0.3 is 0 Å². The molecule has 1 nitrogen and oxygen atoms in total. The molecular weight excluding hydrogens is 340 g/mol. The SMILES string of the molecule is CC(C)c1cc(C(C)(C)C)ccc1C(=O)c1ccc(C(C)(C)C)cc1C(C)C. The fourth-order valence-electron chi connectivity index (χ4n) is 3.57. The van der Waals surface area contributed by atoms with Crippen LogP contribution in [0.5, 0.6) is 0 Å². The highest BCUT2D eigenvalue weighted by atomic mass is 16.1. The summed E-state index contributed by atoms with van der Waals surface area (Å²) in [6.07, 6.45) is 0. The van der Waals surface area contributed by atoms with Gasteiger partial charge in [-0.2, -0.15) is 0 Å². The molecule has 0 unspecified atom stereocenters. The maximum absolute atomic E-state index is 13.6. The second-order valence-electron chi connectivity index (χ2n) is 10.7. The molecule has 0 saturated heterocycles. The number of hydrogen-bond donors (Lipinski definition) is 0. The van der Waals surface area contributed by atoms with Crippen molar-refractivity contribution in [2.45, 2.75) is 91.9 Å². The lowest BCUT2D eigenvalue weighted by atomic mass is 9.80. The average Bonchev–Trinajstić information content (AvgIpc) is 2.58. The largest absolute Gasteiger partial charge is 0.289 e. The Labute approximate surface area is 172 Å². The van der Waals surface area contributed by atoms with Crippen molar-refractivity contribution in [2.75, 3.05) is 0 Å². The lowest BCUT2D eigenvalue weighted by Gasteiger charge is -2.24. The van der Waals surface area contributed by atoms with Crippen LogP contribution in [0.1, 0.15) is 119 Å². The lowest BCUT2D eigenvalue weighted by molar-refractivity contribution is 0.103. The Morgan fingerprint density at radius 1 is 0.643 bits per heavy atom. The maximum atomic E-state index is 13.6. The predicted molar refractivity (Wildman–Crippen MR) is 122 cm³/mol. The van der Waals surface area contributed by atoms with Crippen LogP contribution in [-0.2, 0) is 10.8 Å². The van der Waals surface area contributed by atoms with Gasteiger partial charge in [0.15, 0.2) is 5.78 Å². The summed E-state index contributed by atoms with van der Waals surface area (Å²) >= 11 is 0. The van der Waals surface area contributed by atoms with E-state index in [9.17, 15) is 4.79 Å². The fraction of sp³-hybridized carbons (Fsp3) is 0.519. The molecular formula is C27H38O. The molecule has 0 heterocycles. The van der Waals surface area contributed by atoms with Gasteiger partial charge >= 0.3 is 0 Å². The summed E-state index contributed by atoms with van der Waals surface area (Å²) in [7, 11) is 0. The van der Waals surface area contributed by atoms with Crippen molar-refractivity contribution in [3.8, 4) is 0 Å². The first-order valence-electron chi connectivity index (χ1n) is 10.6. The highest BCUT2D eigenvalue weighted by Crippen LogP contribution is 2.33. The van der Waals surface area contributed by atoms with Gasteiger partial charge in [0.2, 0.25) is 0 Å². The molecule has 0 fully saturated rings. The second kappa shape index (κ2) is 7.85. The van der Waals surface area contributed by atoms with E-state index in [0.717, 1.165) is 22.3 Å². The normalized spacial score (nSPS) is 12.7. The summed E-state index contributed by atoms with van der Waals surface area (Å²) in [5, 5.41) is 0. The van der Waals surface area contributed by atoms with Crippen molar-refractivity contribution in [2.24, 2.45) is 0 Å². The Morgan fingerprint density at radius 2 is 0.964 bits per heavy atom. The number of benzene rings is 2. The minimum atomic E-state index is 0.0721. The molecule has 0 aliphatic heterocycles. The first kappa shape index (κ1) is 22.4. The first-order valence-corrected chi connectivity index (χ1v) is 10.6. The Hall–Kier alpha value is -1.89. The van der Waals surface area contributed by atoms with Gasteiger partial charge in [-0.25, -0.2) is 0 Å². The summed E-state index contributed by atoms with van der Waals surface area (Å²) in [5.74, 6) is 0.753. The summed E-state index contributed by atoms with van der Waals surface area (Å²) in [4.78, 5) is 13.6. The van der Waals surface area contributed by atoms with E-state index in [2.05, 4.69) is 93.5 Å². The topological polar surface area (TPSA) is 17.1 Å². The van der Waals surface area contributed by atoms with Gasteiger partial charge in [0, 0.05) is 11.1 Å². The third-order valence-electron chi connectivity index (χ3n) is 5.57. The predicted octanol–water partition coefficient (Wildman–Crippen LogP) is 7.76. The zero-order chi connectivity index (χ0) is 21.4.